The molecule has 3 aromatic rings. The Labute approximate surface area is 171 Å². The Kier molecular flexibility index (Phi) is 5.63. The van der Waals surface area contributed by atoms with Crippen molar-refractivity contribution >= 4 is 39.5 Å². The molecule has 4 nitrogen and oxygen atoms in total. The molecule has 28 heavy (non-hydrogen) atoms. The van der Waals surface area contributed by atoms with Gasteiger partial charge in [-0.2, -0.15) is 0 Å². The third-order valence-electron chi connectivity index (χ3n) is 5.10. The van der Waals surface area contributed by atoms with Gasteiger partial charge >= 0.3 is 0 Å². The predicted molar refractivity (Wildman–Crippen MR) is 122 cm³/mol. The summed E-state index contributed by atoms with van der Waals surface area (Å²) < 4.78 is 5.79. The summed E-state index contributed by atoms with van der Waals surface area (Å²) in [6.45, 7) is 6.30. The molecule has 0 saturated carbocycles. The lowest BCUT2D eigenvalue weighted by molar-refractivity contribution is 0.336. The maximum Gasteiger partial charge on any atom is 0.173 e. The minimum Gasteiger partial charge on any atom is -0.492 e. The average molecular weight is 392 g/mol. The van der Waals surface area contributed by atoms with Crippen LogP contribution in [0.25, 0.3) is 10.8 Å². The van der Waals surface area contributed by atoms with Gasteiger partial charge in [-0.05, 0) is 42.7 Å². The molecule has 1 N–H and O–H groups in total. The molecule has 4 rings (SSSR count). The summed E-state index contributed by atoms with van der Waals surface area (Å²) in [5, 5.41) is 6.65. The fraction of sp³-hybridized carbons (Fsp3) is 0.261. The van der Waals surface area contributed by atoms with Gasteiger partial charge in [0.15, 0.2) is 5.11 Å². The number of piperazine rings is 1. The zero-order valence-corrected chi connectivity index (χ0v) is 16.9. The summed E-state index contributed by atoms with van der Waals surface area (Å²) in [5.41, 5.74) is 2.23. The molecule has 0 atom stereocenters. The standard InChI is InChI=1S/C23H25N3OS/c1-2-27-22-13-6-5-12-21(22)25-14-16-26(17-15-25)23(28)24-20-11-7-9-18-8-3-4-10-19(18)20/h3-13H,2,14-17H2,1H3,(H,24,28). The quantitative estimate of drug-likeness (QED) is 0.648. The van der Waals surface area contributed by atoms with Crippen LogP contribution < -0.4 is 15.0 Å². The van der Waals surface area contributed by atoms with Crippen LogP contribution in [0, 0.1) is 0 Å². The van der Waals surface area contributed by atoms with E-state index in [4.69, 9.17) is 17.0 Å². The van der Waals surface area contributed by atoms with Crippen molar-refractivity contribution < 1.29 is 4.74 Å². The van der Waals surface area contributed by atoms with Gasteiger partial charge < -0.3 is 19.9 Å². The molecule has 1 saturated heterocycles. The van der Waals surface area contributed by atoms with E-state index in [1.165, 1.54) is 10.8 Å². The van der Waals surface area contributed by atoms with Gasteiger partial charge in [-0.1, -0.05) is 48.5 Å². The number of nitrogens with one attached hydrogen (secondary N) is 1. The number of hydrogen-bond acceptors (Lipinski definition) is 3. The Morgan fingerprint density at radius 3 is 2.46 bits per heavy atom. The molecule has 3 aromatic carbocycles. The zero-order valence-electron chi connectivity index (χ0n) is 16.1. The monoisotopic (exact) mass is 391 g/mol. The van der Waals surface area contributed by atoms with Crippen molar-refractivity contribution in [1.82, 2.24) is 4.90 Å². The number of hydrogen-bond donors (Lipinski definition) is 1. The third kappa shape index (κ3) is 3.90. The van der Waals surface area contributed by atoms with E-state index in [2.05, 4.69) is 69.7 Å². The molecule has 0 unspecified atom stereocenters. The molecule has 1 fully saturated rings. The van der Waals surface area contributed by atoms with Crippen molar-refractivity contribution in [2.45, 2.75) is 6.92 Å². The average Bonchev–Trinajstić information content (AvgIpc) is 2.75. The van der Waals surface area contributed by atoms with Crippen LogP contribution >= 0.6 is 12.2 Å². The molecule has 0 spiro atoms. The highest BCUT2D eigenvalue weighted by atomic mass is 32.1. The molecule has 0 bridgehead atoms. The SMILES string of the molecule is CCOc1ccccc1N1CCN(C(=S)Nc2cccc3ccccc23)CC1. The molecule has 1 aliphatic heterocycles. The number of benzene rings is 3. The van der Waals surface area contributed by atoms with E-state index in [0.29, 0.717) is 6.61 Å². The summed E-state index contributed by atoms with van der Waals surface area (Å²) in [5.74, 6) is 0.954. The Morgan fingerprint density at radius 1 is 0.929 bits per heavy atom. The van der Waals surface area contributed by atoms with Gasteiger partial charge in [0.2, 0.25) is 0 Å². The van der Waals surface area contributed by atoms with E-state index in [0.717, 1.165) is 48.4 Å². The fourth-order valence-corrected chi connectivity index (χ4v) is 3.97. The van der Waals surface area contributed by atoms with Crippen molar-refractivity contribution in [2.75, 3.05) is 43.0 Å². The summed E-state index contributed by atoms with van der Waals surface area (Å²) in [4.78, 5) is 4.62. The van der Waals surface area contributed by atoms with Crippen molar-refractivity contribution in [3.63, 3.8) is 0 Å². The smallest absolute Gasteiger partial charge is 0.173 e. The Balaban J connectivity index is 1.42. The second-order valence-corrected chi connectivity index (χ2v) is 7.22. The van der Waals surface area contributed by atoms with Crippen LogP contribution in [-0.4, -0.2) is 42.8 Å². The topological polar surface area (TPSA) is 27.7 Å². The first-order valence-electron chi connectivity index (χ1n) is 9.76. The number of fused-ring (bicyclic) bond motifs is 1. The molecule has 1 heterocycles. The predicted octanol–water partition coefficient (Wildman–Crippen LogP) is 4.76. The summed E-state index contributed by atoms with van der Waals surface area (Å²) in [6.07, 6.45) is 0. The van der Waals surface area contributed by atoms with Crippen molar-refractivity contribution in [1.29, 1.82) is 0 Å². The molecule has 0 aliphatic carbocycles. The molecule has 5 heteroatoms. The van der Waals surface area contributed by atoms with Gasteiger partial charge in [0.25, 0.3) is 0 Å². The molecule has 0 amide bonds. The van der Waals surface area contributed by atoms with Crippen LogP contribution in [0.15, 0.2) is 66.7 Å². The highest BCUT2D eigenvalue weighted by Crippen LogP contribution is 2.29. The molecular weight excluding hydrogens is 366 g/mol. The first kappa shape index (κ1) is 18.6. The summed E-state index contributed by atoms with van der Waals surface area (Å²) in [6, 6.07) is 22.9. The second kappa shape index (κ2) is 8.48. The van der Waals surface area contributed by atoms with Crippen molar-refractivity contribution in [3.05, 3.63) is 66.7 Å². The van der Waals surface area contributed by atoms with E-state index in [1.807, 2.05) is 19.1 Å². The number of rotatable bonds is 4. The van der Waals surface area contributed by atoms with E-state index in [1.54, 1.807) is 0 Å². The number of ether oxygens (including phenoxy) is 1. The maximum atomic E-state index is 5.79. The lowest BCUT2D eigenvalue weighted by Crippen LogP contribution is -2.50. The van der Waals surface area contributed by atoms with Crippen LogP contribution in [-0.2, 0) is 0 Å². The van der Waals surface area contributed by atoms with E-state index in [9.17, 15) is 0 Å². The van der Waals surface area contributed by atoms with Crippen LogP contribution in [0.2, 0.25) is 0 Å². The highest BCUT2D eigenvalue weighted by Gasteiger charge is 2.21. The zero-order chi connectivity index (χ0) is 19.3. The minimum absolute atomic E-state index is 0.677. The van der Waals surface area contributed by atoms with Crippen molar-refractivity contribution in [3.8, 4) is 5.75 Å². The van der Waals surface area contributed by atoms with Gasteiger partial charge in [-0.25, -0.2) is 0 Å². The number of thiocarbonyl (C=S) groups is 1. The number of para-hydroxylation sites is 2. The van der Waals surface area contributed by atoms with Gasteiger partial charge in [0.1, 0.15) is 5.75 Å². The van der Waals surface area contributed by atoms with E-state index in [-0.39, 0.29) is 0 Å². The second-order valence-electron chi connectivity index (χ2n) is 6.83. The molecule has 0 aromatic heterocycles. The Hall–Kier alpha value is -2.79. The Morgan fingerprint density at radius 2 is 1.64 bits per heavy atom. The highest BCUT2D eigenvalue weighted by molar-refractivity contribution is 7.80. The van der Waals surface area contributed by atoms with Crippen LogP contribution in [0.4, 0.5) is 11.4 Å². The van der Waals surface area contributed by atoms with Gasteiger partial charge in [0, 0.05) is 37.3 Å². The summed E-state index contributed by atoms with van der Waals surface area (Å²) in [7, 11) is 0. The number of anilines is 2. The molecule has 1 aliphatic rings. The van der Waals surface area contributed by atoms with E-state index < -0.39 is 0 Å². The first-order chi connectivity index (χ1) is 13.8. The largest absolute Gasteiger partial charge is 0.492 e. The third-order valence-corrected chi connectivity index (χ3v) is 5.46. The summed E-state index contributed by atoms with van der Waals surface area (Å²) >= 11 is 5.71. The molecular formula is C23H25N3OS. The van der Waals surface area contributed by atoms with Crippen LogP contribution in [0.1, 0.15) is 6.92 Å². The molecule has 0 radical (unpaired) electrons. The van der Waals surface area contributed by atoms with Gasteiger partial charge in [0.05, 0.1) is 12.3 Å². The van der Waals surface area contributed by atoms with Gasteiger partial charge in [-0.3, -0.25) is 0 Å². The van der Waals surface area contributed by atoms with Crippen LogP contribution in [0.3, 0.4) is 0 Å². The lowest BCUT2D eigenvalue weighted by atomic mass is 10.1. The Bertz CT molecular complexity index is 961. The minimum atomic E-state index is 0.677. The van der Waals surface area contributed by atoms with Gasteiger partial charge in [-0.15, -0.1) is 0 Å². The van der Waals surface area contributed by atoms with Crippen LogP contribution in [0.5, 0.6) is 5.75 Å². The van der Waals surface area contributed by atoms with Crippen molar-refractivity contribution in [2.24, 2.45) is 0 Å². The fourth-order valence-electron chi connectivity index (χ4n) is 3.68. The molecule has 144 valence electrons. The number of nitrogens with zero attached hydrogens (tertiary/aromatic N) is 2. The first-order valence-corrected chi connectivity index (χ1v) is 10.2. The normalized spacial score (nSPS) is 14.2. The van der Waals surface area contributed by atoms with E-state index >= 15 is 0 Å². The lowest BCUT2D eigenvalue weighted by Gasteiger charge is -2.38. The maximum absolute atomic E-state index is 5.79.